The molecule has 3 N–H and O–H groups in total. The Labute approximate surface area is 189 Å². The highest BCUT2D eigenvalue weighted by molar-refractivity contribution is 7.93. The summed E-state index contributed by atoms with van der Waals surface area (Å²) in [5, 5.41) is 18.0. The number of fused-ring (bicyclic) bond motifs is 2. The molecular weight excluding hydrogens is 462 g/mol. The van der Waals surface area contributed by atoms with E-state index in [-0.39, 0.29) is 46.2 Å². The van der Waals surface area contributed by atoms with E-state index >= 15 is 0 Å². The summed E-state index contributed by atoms with van der Waals surface area (Å²) in [5.74, 6) is -0.0353. The van der Waals surface area contributed by atoms with Crippen molar-refractivity contribution in [2.75, 3.05) is 22.7 Å². The molecule has 4 rings (SSSR count). The predicted octanol–water partition coefficient (Wildman–Crippen LogP) is 2.06. The topological polar surface area (TPSA) is 143 Å². The van der Waals surface area contributed by atoms with E-state index in [0.29, 0.717) is 18.7 Å². The number of nitrogens with one attached hydrogen (secondary N) is 2. The molecule has 1 aromatic heterocycles. The van der Waals surface area contributed by atoms with Crippen molar-refractivity contribution >= 4 is 45.0 Å². The maximum Gasteiger partial charge on any atom is 0.409 e. The SMILES string of the molecule is CC(=O)NCC1CN(S(=O)(=O)c2c(Cl)nn3c2CCCC3)c2cc(NC(=O)O)ccc2O1. The molecule has 32 heavy (non-hydrogen) atoms. The number of amides is 2. The Kier molecular flexibility index (Phi) is 5.91. The van der Waals surface area contributed by atoms with Gasteiger partial charge in [-0.1, -0.05) is 11.6 Å². The number of carbonyl (C=O) groups excluding carboxylic acids is 1. The largest absolute Gasteiger partial charge is 0.484 e. The monoisotopic (exact) mass is 483 g/mol. The van der Waals surface area contributed by atoms with Crippen molar-refractivity contribution in [1.29, 1.82) is 0 Å². The molecule has 2 aliphatic heterocycles. The van der Waals surface area contributed by atoms with Crippen LogP contribution in [0.3, 0.4) is 0 Å². The minimum atomic E-state index is -4.17. The molecule has 3 heterocycles. The zero-order valence-corrected chi connectivity index (χ0v) is 18.7. The lowest BCUT2D eigenvalue weighted by atomic mass is 10.1. The number of anilines is 2. The number of carbonyl (C=O) groups is 2. The summed E-state index contributed by atoms with van der Waals surface area (Å²) in [4.78, 5) is 22.4. The van der Waals surface area contributed by atoms with E-state index < -0.39 is 22.2 Å². The van der Waals surface area contributed by atoms with Crippen LogP contribution in [0, 0.1) is 0 Å². The first-order valence-electron chi connectivity index (χ1n) is 10.00. The molecule has 1 atom stereocenters. The fourth-order valence-corrected chi connectivity index (χ4v) is 6.14. The van der Waals surface area contributed by atoms with Gasteiger partial charge in [0.2, 0.25) is 5.91 Å². The minimum Gasteiger partial charge on any atom is -0.484 e. The molecule has 0 fully saturated rings. The third kappa shape index (κ3) is 4.19. The van der Waals surface area contributed by atoms with E-state index in [1.54, 1.807) is 4.68 Å². The normalized spacial score (nSPS) is 17.7. The molecule has 172 valence electrons. The average molecular weight is 484 g/mol. The van der Waals surface area contributed by atoms with Gasteiger partial charge in [-0.3, -0.25) is 19.1 Å². The summed E-state index contributed by atoms with van der Waals surface area (Å²) in [6.07, 6.45) is 0.287. The van der Waals surface area contributed by atoms with Crippen LogP contribution in [0.5, 0.6) is 5.75 Å². The molecule has 0 saturated carbocycles. The van der Waals surface area contributed by atoms with E-state index in [2.05, 4.69) is 15.7 Å². The number of aryl methyl sites for hydroxylation is 1. The summed E-state index contributed by atoms with van der Waals surface area (Å²) in [7, 11) is -4.17. The summed E-state index contributed by atoms with van der Waals surface area (Å²) >= 11 is 6.29. The number of hydrogen-bond acceptors (Lipinski definition) is 6. The quantitative estimate of drug-likeness (QED) is 0.590. The van der Waals surface area contributed by atoms with Crippen LogP contribution in [-0.4, -0.2) is 54.5 Å². The number of nitrogens with zero attached hydrogens (tertiary/aromatic N) is 3. The number of carboxylic acid groups (broad SMARTS) is 1. The number of sulfonamides is 1. The van der Waals surface area contributed by atoms with E-state index in [4.69, 9.17) is 21.4 Å². The van der Waals surface area contributed by atoms with Crippen molar-refractivity contribution in [3.8, 4) is 5.75 Å². The first-order valence-corrected chi connectivity index (χ1v) is 11.8. The highest BCUT2D eigenvalue weighted by Gasteiger charge is 2.39. The standard InChI is InChI=1S/C19H22ClN5O6S/c1-11(26)21-9-13-10-25(15-8-12(22-19(27)28)5-6-16(15)31-13)32(29,30)17-14-4-2-3-7-24(14)23-18(17)20/h5-6,8,13,22H,2-4,7,9-10H2,1H3,(H,21,26)(H,27,28). The van der Waals surface area contributed by atoms with Gasteiger partial charge in [-0.2, -0.15) is 5.10 Å². The first-order chi connectivity index (χ1) is 15.2. The van der Waals surface area contributed by atoms with Gasteiger partial charge in [0.15, 0.2) is 5.15 Å². The Hall–Kier alpha value is -2.99. The van der Waals surface area contributed by atoms with Crippen molar-refractivity contribution in [2.45, 2.75) is 43.7 Å². The van der Waals surface area contributed by atoms with Gasteiger partial charge < -0.3 is 15.2 Å². The molecule has 0 spiro atoms. The molecule has 11 nitrogen and oxygen atoms in total. The Bertz CT molecular complexity index is 1180. The molecular formula is C19H22ClN5O6S. The van der Waals surface area contributed by atoms with Gasteiger partial charge in [0, 0.05) is 19.2 Å². The second-order valence-corrected chi connectivity index (χ2v) is 9.73. The fourth-order valence-electron chi connectivity index (χ4n) is 3.90. The van der Waals surface area contributed by atoms with Gasteiger partial charge in [-0.25, -0.2) is 13.2 Å². The number of benzene rings is 1. The molecule has 1 unspecified atom stereocenters. The number of rotatable bonds is 5. The first kappa shape index (κ1) is 22.2. The van der Waals surface area contributed by atoms with Gasteiger partial charge in [0.25, 0.3) is 10.0 Å². The fraction of sp³-hybridized carbons (Fsp3) is 0.421. The van der Waals surface area contributed by atoms with Crippen LogP contribution in [0.4, 0.5) is 16.2 Å². The molecule has 0 saturated heterocycles. The summed E-state index contributed by atoms with van der Waals surface area (Å²) < 4.78 is 36.3. The van der Waals surface area contributed by atoms with Gasteiger partial charge in [0.05, 0.1) is 24.5 Å². The van der Waals surface area contributed by atoms with Gasteiger partial charge in [0.1, 0.15) is 16.7 Å². The summed E-state index contributed by atoms with van der Waals surface area (Å²) in [5.41, 5.74) is 0.901. The summed E-state index contributed by atoms with van der Waals surface area (Å²) in [6.45, 7) is 1.93. The molecule has 13 heteroatoms. The second-order valence-electron chi connectivity index (χ2n) is 7.57. The zero-order chi connectivity index (χ0) is 23.0. The Balaban J connectivity index is 1.79. The van der Waals surface area contributed by atoms with Crippen LogP contribution in [-0.2, 0) is 27.8 Å². The lowest BCUT2D eigenvalue weighted by Crippen LogP contribution is -2.48. The molecule has 2 amide bonds. The van der Waals surface area contributed by atoms with Crippen LogP contribution in [0.15, 0.2) is 23.1 Å². The van der Waals surface area contributed by atoms with E-state index in [1.807, 2.05) is 0 Å². The predicted molar refractivity (Wildman–Crippen MR) is 116 cm³/mol. The third-order valence-corrected chi connectivity index (χ3v) is 7.52. The lowest BCUT2D eigenvalue weighted by molar-refractivity contribution is -0.119. The van der Waals surface area contributed by atoms with Crippen molar-refractivity contribution in [1.82, 2.24) is 15.1 Å². The maximum atomic E-state index is 13.8. The highest BCUT2D eigenvalue weighted by Crippen LogP contribution is 2.41. The molecule has 1 aromatic carbocycles. The minimum absolute atomic E-state index is 0.0541. The summed E-state index contributed by atoms with van der Waals surface area (Å²) in [6, 6.07) is 4.34. The Morgan fingerprint density at radius 1 is 1.34 bits per heavy atom. The molecule has 0 bridgehead atoms. The van der Waals surface area contributed by atoms with Crippen LogP contribution in [0.2, 0.25) is 5.15 Å². The van der Waals surface area contributed by atoms with Gasteiger partial charge in [-0.15, -0.1) is 0 Å². The molecule has 2 aliphatic rings. The van der Waals surface area contributed by atoms with Gasteiger partial charge >= 0.3 is 6.09 Å². The molecule has 2 aromatic rings. The average Bonchev–Trinajstić information content (AvgIpc) is 3.07. The molecule has 0 aliphatic carbocycles. The third-order valence-electron chi connectivity index (χ3n) is 5.27. The van der Waals surface area contributed by atoms with Crippen LogP contribution in [0.25, 0.3) is 0 Å². The number of aromatic nitrogens is 2. The van der Waals surface area contributed by atoms with Crippen molar-refractivity contribution in [3.05, 3.63) is 29.0 Å². The molecule has 0 radical (unpaired) electrons. The number of ether oxygens (including phenoxy) is 1. The highest BCUT2D eigenvalue weighted by atomic mass is 35.5. The van der Waals surface area contributed by atoms with E-state index in [1.165, 1.54) is 25.1 Å². The van der Waals surface area contributed by atoms with Gasteiger partial charge in [-0.05, 0) is 37.5 Å². The van der Waals surface area contributed by atoms with Crippen molar-refractivity contribution in [3.63, 3.8) is 0 Å². The van der Waals surface area contributed by atoms with E-state index in [0.717, 1.165) is 17.1 Å². The zero-order valence-electron chi connectivity index (χ0n) is 17.2. The maximum absolute atomic E-state index is 13.8. The smallest absolute Gasteiger partial charge is 0.409 e. The van der Waals surface area contributed by atoms with E-state index in [9.17, 15) is 18.0 Å². The Morgan fingerprint density at radius 2 is 2.12 bits per heavy atom. The van der Waals surface area contributed by atoms with Crippen LogP contribution >= 0.6 is 11.6 Å². The van der Waals surface area contributed by atoms with Crippen molar-refractivity contribution in [2.24, 2.45) is 0 Å². The van der Waals surface area contributed by atoms with Crippen LogP contribution in [0.1, 0.15) is 25.5 Å². The second kappa shape index (κ2) is 8.51. The number of halogens is 1. The lowest BCUT2D eigenvalue weighted by Gasteiger charge is -2.35. The van der Waals surface area contributed by atoms with Crippen molar-refractivity contribution < 1.29 is 27.9 Å². The Morgan fingerprint density at radius 3 is 2.84 bits per heavy atom. The number of hydrogen-bond donors (Lipinski definition) is 3. The van der Waals surface area contributed by atoms with Crippen LogP contribution < -0.4 is 19.7 Å².